The number of hydrogen-bond donors (Lipinski definition) is 0. The van der Waals surface area contributed by atoms with Gasteiger partial charge in [-0.15, -0.1) is 0 Å². The maximum absolute atomic E-state index is 4.76. The second-order valence-corrected chi connectivity index (χ2v) is 10.1. The summed E-state index contributed by atoms with van der Waals surface area (Å²) in [5, 5.41) is 2.50. The van der Waals surface area contributed by atoms with E-state index < -0.39 is 0 Å². The van der Waals surface area contributed by atoms with E-state index in [9.17, 15) is 0 Å². The van der Waals surface area contributed by atoms with Crippen molar-refractivity contribution >= 4 is 58.5 Å². The quantitative estimate of drug-likeness (QED) is 0.363. The number of rotatable bonds is 1. The van der Waals surface area contributed by atoms with Crippen molar-refractivity contribution in [2.24, 2.45) is 0 Å². The molecule has 0 saturated heterocycles. The van der Waals surface area contributed by atoms with Crippen LogP contribution in [0.2, 0.25) is 0 Å². The Balaban J connectivity index is 1.74. The molecule has 0 atom stereocenters. The van der Waals surface area contributed by atoms with Gasteiger partial charge in [0.25, 0.3) is 0 Å². The summed E-state index contributed by atoms with van der Waals surface area (Å²) in [5.74, 6) is 0. The number of hydrogen-bond acceptors (Lipinski definition) is 1. The summed E-state index contributed by atoms with van der Waals surface area (Å²) >= 11 is 0.744. The molecule has 0 unspecified atom stereocenters. The average Bonchev–Trinajstić information content (AvgIpc) is 2.65. The molecule has 0 bridgehead atoms. The van der Waals surface area contributed by atoms with Crippen molar-refractivity contribution in [2.45, 2.75) is 0 Å². The van der Waals surface area contributed by atoms with E-state index in [2.05, 4.69) is 72.8 Å². The first-order valence-electron chi connectivity index (χ1n) is 7.82. The summed E-state index contributed by atoms with van der Waals surface area (Å²) in [6, 6.07) is 26.3. The van der Waals surface area contributed by atoms with Crippen LogP contribution < -0.4 is 17.8 Å². The summed E-state index contributed by atoms with van der Waals surface area (Å²) < 4.78 is 6.12. The van der Waals surface area contributed by atoms with Crippen molar-refractivity contribution < 1.29 is 0 Å². The molecule has 0 amide bonds. The molecule has 0 N–H and O–H groups in total. The standard InChI is InChI=1S/C21H13NSe2/c1-2-7-15-14(6-1)12-13-22-20(15)16-8-5-11-19-21(16)24-18-10-4-3-9-17(18)23-19/h1-13H. The predicted molar refractivity (Wildman–Crippen MR) is 104 cm³/mol. The van der Waals surface area contributed by atoms with E-state index in [4.69, 9.17) is 4.98 Å². The van der Waals surface area contributed by atoms with Crippen molar-refractivity contribution in [1.29, 1.82) is 0 Å². The minimum atomic E-state index is 0.348. The van der Waals surface area contributed by atoms with Gasteiger partial charge in [0.2, 0.25) is 0 Å². The third-order valence-corrected chi connectivity index (χ3v) is 10.4. The van der Waals surface area contributed by atoms with Crippen molar-refractivity contribution in [1.82, 2.24) is 4.98 Å². The van der Waals surface area contributed by atoms with Crippen LogP contribution in [0.15, 0.2) is 79.0 Å². The van der Waals surface area contributed by atoms with Crippen LogP contribution in [0, 0.1) is 0 Å². The summed E-state index contributed by atoms with van der Waals surface area (Å²) in [6.45, 7) is 0. The van der Waals surface area contributed by atoms with E-state index in [1.165, 1.54) is 29.7 Å². The third kappa shape index (κ3) is 2.33. The number of aromatic nitrogens is 1. The molecule has 1 nitrogen and oxygen atoms in total. The molecule has 1 aromatic heterocycles. The van der Waals surface area contributed by atoms with E-state index >= 15 is 0 Å². The molecule has 0 aliphatic carbocycles. The Hall–Kier alpha value is -1.89. The summed E-state index contributed by atoms with van der Waals surface area (Å²) in [7, 11) is 0. The van der Waals surface area contributed by atoms with Crippen LogP contribution in [0.1, 0.15) is 0 Å². The molecule has 0 saturated carbocycles. The Morgan fingerprint density at radius 1 is 0.625 bits per heavy atom. The first kappa shape index (κ1) is 14.5. The fraction of sp³-hybridized carbons (Fsp3) is 0. The topological polar surface area (TPSA) is 12.9 Å². The van der Waals surface area contributed by atoms with E-state index in [0.717, 1.165) is 5.69 Å². The van der Waals surface area contributed by atoms with Crippen molar-refractivity contribution in [2.75, 3.05) is 0 Å². The van der Waals surface area contributed by atoms with E-state index in [-0.39, 0.29) is 0 Å². The average molecular weight is 437 g/mol. The third-order valence-electron chi connectivity index (χ3n) is 4.19. The van der Waals surface area contributed by atoms with Gasteiger partial charge in [-0.3, -0.25) is 0 Å². The molecule has 0 radical (unpaired) electrons. The summed E-state index contributed by atoms with van der Waals surface area (Å²) in [6.07, 6.45) is 1.94. The molecule has 1 aliphatic heterocycles. The molecule has 3 aromatic carbocycles. The molecule has 0 fully saturated rings. The minimum absolute atomic E-state index is 0.348. The first-order chi connectivity index (χ1) is 11.9. The molecule has 2 heterocycles. The normalized spacial score (nSPS) is 12.7. The van der Waals surface area contributed by atoms with Gasteiger partial charge in [0, 0.05) is 0 Å². The molecule has 1 aliphatic rings. The molecular weight excluding hydrogens is 424 g/mol. The van der Waals surface area contributed by atoms with Crippen LogP contribution in [-0.4, -0.2) is 34.9 Å². The fourth-order valence-electron chi connectivity index (χ4n) is 3.07. The number of benzene rings is 3. The zero-order valence-electron chi connectivity index (χ0n) is 12.8. The monoisotopic (exact) mass is 439 g/mol. The van der Waals surface area contributed by atoms with Crippen LogP contribution in [0.25, 0.3) is 22.0 Å². The van der Waals surface area contributed by atoms with Gasteiger partial charge in [0.1, 0.15) is 0 Å². The van der Waals surface area contributed by atoms with Gasteiger partial charge < -0.3 is 0 Å². The summed E-state index contributed by atoms with van der Waals surface area (Å²) in [5.41, 5.74) is 2.45. The maximum atomic E-state index is 4.76. The second-order valence-electron chi connectivity index (χ2n) is 5.66. The van der Waals surface area contributed by atoms with Gasteiger partial charge in [0.15, 0.2) is 0 Å². The van der Waals surface area contributed by atoms with Crippen molar-refractivity contribution in [3.8, 4) is 11.3 Å². The molecule has 114 valence electrons. The Labute approximate surface area is 153 Å². The Morgan fingerprint density at radius 2 is 1.38 bits per heavy atom. The second kappa shape index (κ2) is 5.88. The van der Waals surface area contributed by atoms with Gasteiger partial charge in [-0.25, -0.2) is 0 Å². The zero-order chi connectivity index (χ0) is 15.9. The van der Waals surface area contributed by atoms with Crippen LogP contribution in [-0.2, 0) is 0 Å². The van der Waals surface area contributed by atoms with Crippen molar-refractivity contribution in [3.05, 3.63) is 79.0 Å². The Morgan fingerprint density at radius 3 is 2.29 bits per heavy atom. The first-order valence-corrected chi connectivity index (χ1v) is 11.2. The number of fused-ring (bicyclic) bond motifs is 3. The predicted octanol–water partition coefficient (Wildman–Crippen LogP) is 1.53. The van der Waals surface area contributed by atoms with E-state index in [1.54, 1.807) is 4.46 Å². The zero-order valence-corrected chi connectivity index (χ0v) is 16.2. The summed E-state index contributed by atoms with van der Waals surface area (Å²) in [4.78, 5) is 4.76. The van der Waals surface area contributed by atoms with Crippen LogP contribution >= 0.6 is 0 Å². The van der Waals surface area contributed by atoms with E-state index in [0.29, 0.717) is 29.9 Å². The number of pyridine rings is 1. The van der Waals surface area contributed by atoms with E-state index in [1.807, 2.05) is 6.20 Å². The SMILES string of the molecule is c1ccc2c(c1)[Se]c1cccc(-c3nccc4ccccc34)c1[Se]2. The van der Waals surface area contributed by atoms with Gasteiger partial charge in [-0.1, -0.05) is 0 Å². The van der Waals surface area contributed by atoms with Crippen molar-refractivity contribution in [3.63, 3.8) is 0 Å². The molecular formula is C21H13NSe2. The molecule has 24 heavy (non-hydrogen) atoms. The van der Waals surface area contributed by atoms with Gasteiger partial charge in [0.05, 0.1) is 0 Å². The van der Waals surface area contributed by atoms with Gasteiger partial charge in [-0.2, -0.15) is 0 Å². The Bertz CT molecular complexity index is 1070. The van der Waals surface area contributed by atoms with Crippen LogP contribution in [0.4, 0.5) is 0 Å². The Kier molecular flexibility index (Phi) is 3.54. The molecule has 3 heteroatoms. The number of nitrogens with zero attached hydrogens (tertiary/aromatic N) is 1. The fourth-order valence-corrected chi connectivity index (χ4v) is 8.83. The molecule has 4 aromatic rings. The van der Waals surface area contributed by atoms with Crippen LogP contribution in [0.5, 0.6) is 0 Å². The van der Waals surface area contributed by atoms with Gasteiger partial charge >= 0.3 is 154 Å². The molecule has 5 rings (SSSR count). The molecule has 0 spiro atoms. The van der Waals surface area contributed by atoms with Crippen LogP contribution in [0.3, 0.4) is 0 Å². The van der Waals surface area contributed by atoms with Gasteiger partial charge in [-0.05, 0) is 0 Å².